The Morgan fingerprint density at radius 1 is 1.03 bits per heavy atom. The highest BCUT2D eigenvalue weighted by atomic mass is 19.3. The van der Waals surface area contributed by atoms with Gasteiger partial charge in [-0.1, -0.05) is 6.07 Å². The molecule has 8 nitrogen and oxygen atoms in total. The minimum atomic E-state index is -3.20. The van der Waals surface area contributed by atoms with Crippen molar-refractivity contribution in [3.05, 3.63) is 72.1 Å². The predicted octanol–water partition coefficient (Wildman–Crippen LogP) is 4.00. The van der Waals surface area contributed by atoms with Crippen LogP contribution in [-0.2, 0) is 5.92 Å². The number of hydrogen-bond acceptors (Lipinski definition) is 7. The molecule has 174 valence electrons. The lowest BCUT2D eigenvalue weighted by Gasteiger charge is -2.16. The van der Waals surface area contributed by atoms with Crippen LogP contribution in [0.1, 0.15) is 21.9 Å². The second kappa shape index (κ2) is 9.44. The van der Waals surface area contributed by atoms with Crippen molar-refractivity contribution in [1.29, 1.82) is 0 Å². The summed E-state index contributed by atoms with van der Waals surface area (Å²) in [5.41, 5.74) is 2.92. The molecule has 0 atom stereocenters. The van der Waals surface area contributed by atoms with Crippen molar-refractivity contribution in [2.24, 2.45) is 0 Å². The Labute approximate surface area is 194 Å². The second-order valence-corrected chi connectivity index (χ2v) is 7.69. The molecule has 0 aromatic carbocycles. The molecule has 10 heteroatoms. The standard InChI is InChI=1S/C24H23F2N7O/c1-14-18(15-7-16-11-31-22(28-3)9-20(16)30-10-15)8-17(12-29-14)32-23(34)19-5-4-6-21(33-19)24(25,26)13-27-2/h4-12,27H,13H2,1-3H3,(H,28,31)(H,32,34). The van der Waals surface area contributed by atoms with Crippen molar-refractivity contribution in [1.82, 2.24) is 25.3 Å². The van der Waals surface area contributed by atoms with Crippen LogP contribution in [0.4, 0.5) is 20.3 Å². The Hall–Kier alpha value is -4.05. The molecule has 0 aliphatic carbocycles. The van der Waals surface area contributed by atoms with Crippen LogP contribution in [0.2, 0.25) is 0 Å². The zero-order valence-corrected chi connectivity index (χ0v) is 18.9. The SMILES string of the molecule is CNCC(F)(F)c1cccc(C(=O)Nc2cnc(C)c(-c3cnc4cc(NC)ncc4c3)c2)n1. The van der Waals surface area contributed by atoms with E-state index in [4.69, 9.17) is 0 Å². The lowest BCUT2D eigenvalue weighted by molar-refractivity contribution is -0.00581. The molecule has 0 saturated heterocycles. The summed E-state index contributed by atoms with van der Waals surface area (Å²) in [5.74, 6) is -3.09. The molecule has 0 unspecified atom stereocenters. The summed E-state index contributed by atoms with van der Waals surface area (Å²) in [5, 5.41) is 8.96. The highest BCUT2D eigenvalue weighted by molar-refractivity contribution is 6.03. The van der Waals surface area contributed by atoms with E-state index in [1.165, 1.54) is 31.4 Å². The monoisotopic (exact) mass is 463 g/mol. The van der Waals surface area contributed by atoms with Crippen LogP contribution in [0.15, 0.2) is 55.0 Å². The smallest absolute Gasteiger partial charge is 0.301 e. The number of carbonyl (C=O) groups is 1. The first kappa shape index (κ1) is 23.1. The minimum absolute atomic E-state index is 0.116. The summed E-state index contributed by atoms with van der Waals surface area (Å²) >= 11 is 0. The minimum Gasteiger partial charge on any atom is -0.373 e. The van der Waals surface area contributed by atoms with E-state index in [9.17, 15) is 13.6 Å². The highest BCUT2D eigenvalue weighted by Crippen LogP contribution is 2.28. The van der Waals surface area contributed by atoms with Gasteiger partial charge in [-0.3, -0.25) is 14.8 Å². The van der Waals surface area contributed by atoms with Crippen molar-refractivity contribution in [2.75, 3.05) is 31.3 Å². The lowest BCUT2D eigenvalue weighted by Crippen LogP contribution is -2.29. The second-order valence-electron chi connectivity index (χ2n) is 7.69. The predicted molar refractivity (Wildman–Crippen MR) is 127 cm³/mol. The molecule has 0 radical (unpaired) electrons. The molecule has 0 aliphatic heterocycles. The molecule has 0 spiro atoms. The number of fused-ring (bicyclic) bond motifs is 1. The molecule has 4 aromatic rings. The Morgan fingerprint density at radius 3 is 2.62 bits per heavy atom. The number of likely N-dealkylation sites (N-methyl/N-ethyl adjacent to an activating group) is 1. The van der Waals surface area contributed by atoms with E-state index >= 15 is 0 Å². The summed E-state index contributed by atoms with van der Waals surface area (Å²) in [4.78, 5) is 29.8. The van der Waals surface area contributed by atoms with Crippen LogP contribution in [0.3, 0.4) is 0 Å². The van der Waals surface area contributed by atoms with E-state index in [1.807, 2.05) is 19.1 Å². The van der Waals surface area contributed by atoms with Crippen LogP contribution in [0.25, 0.3) is 22.0 Å². The maximum Gasteiger partial charge on any atom is 0.301 e. The number of amides is 1. The zero-order valence-electron chi connectivity index (χ0n) is 18.9. The average Bonchev–Trinajstić information content (AvgIpc) is 2.84. The maximum absolute atomic E-state index is 14.2. The summed E-state index contributed by atoms with van der Waals surface area (Å²) in [6.07, 6.45) is 4.96. The number of anilines is 2. The normalized spacial score (nSPS) is 11.4. The fraction of sp³-hybridized carbons (Fsp3) is 0.208. The van der Waals surface area contributed by atoms with Crippen LogP contribution in [-0.4, -0.2) is 46.5 Å². The van der Waals surface area contributed by atoms with Gasteiger partial charge >= 0.3 is 5.92 Å². The first-order valence-corrected chi connectivity index (χ1v) is 10.5. The molecule has 0 fully saturated rings. The van der Waals surface area contributed by atoms with E-state index in [2.05, 4.69) is 35.9 Å². The molecular formula is C24H23F2N7O. The van der Waals surface area contributed by atoms with Crippen LogP contribution in [0, 0.1) is 6.92 Å². The molecule has 1 amide bonds. The van der Waals surface area contributed by atoms with Crippen LogP contribution in [0.5, 0.6) is 0 Å². The maximum atomic E-state index is 14.2. The quantitative estimate of drug-likeness (QED) is 0.381. The van der Waals surface area contributed by atoms with Gasteiger partial charge in [-0.25, -0.2) is 9.97 Å². The number of aryl methyl sites for hydroxylation is 1. The van der Waals surface area contributed by atoms with Gasteiger partial charge in [-0.2, -0.15) is 8.78 Å². The number of carbonyl (C=O) groups excluding carboxylic acids is 1. The van der Waals surface area contributed by atoms with E-state index in [-0.39, 0.29) is 5.69 Å². The van der Waals surface area contributed by atoms with Gasteiger partial charge in [-0.15, -0.1) is 0 Å². The van der Waals surface area contributed by atoms with Crippen molar-refractivity contribution in [3.63, 3.8) is 0 Å². The number of aromatic nitrogens is 4. The molecule has 4 rings (SSSR count). The van der Waals surface area contributed by atoms with E-state index in [0.717, 1.165) is 33.5 Å². The topological polar surface area (TPSA) is 105 Å². The van der Waals surface area contributed by atoms with Gasteiger partial charge < -0.3 is 16.0 Å². The number of pyridine rings is 4. The summed E-state index contributed by atoms with van der Waals surface area (Å²) in [6, 6.07) is 9.52. The fourth-order valence-electron chi connectivity index (χ4n) is 3.47. The zero-order chi connectivity index (χ0) is 24.3. The van der Waals surface area contributed by atoms with Gasteiger partial charge in [-0.05, 0) is 38.2 Å². The molecule has 4 aromatic heterocycles. The Bertz CT molecular complexity index is 1360. The third-order valence-electron chi connectivity index (χ3n) is 5.23. The number of rotatable bonds is 7. The molecule has 3 N–H and O–H groups in total. The molecular weight excluding hydrogens is 440 g/mol. The summed E-state index contributed by atoms with van der Waals surface area (Å²) < 4.78 is 28.4. The van der Waals surface area contributed by atoms with Crippen molar-refractivity contribution in [3.8, 4) is 11.1 Å². The Kier molecular flexibility index (Phi) is 6.42. The van der Waals surface area contributed by atoms with Gasteiger partial charge in [0.05, 0.1) is 23.9 Å². The molecule has 0 aliphatic rings. The molecule has 0 saturated carbocycles. The fourth-order valence-corrected chi connectivity index (χ4v) is 3.47. The number of halogens is 2. The summed E-state index contributed by atoms with van der Waals surface area (Å²) in [7, 11) is 3.21. The van der Waals surface area contributed by atoms with Crippen molar-refractivity contribution in [2.45, 2.75) is 12.8 Å². The summed E-state index contributed by atoms with van der Waals surface area (Å²) in [6.45, 7) is 1.27. The molecule has 4 heterocycles. The van der Waals surface area contributed by atoms with E-state index in [1.54, 1.807) is 25.5 Å². The highest BCUT2D eigenvalue weighted by Gasteiger charge is 2.32. The Balaban J connectivity index is 1.61. The third-order valence-corrected chi connectivity index (χ3v) is 5.23. The lowest BCUT2D eigenvalue weighted by atomic mass is 10.0. The van der Waals surface area contributed by atoms with Crippen molar-refractivity contribution >= 4 is 28.3 Å². The van der Waals surface area contributed by atoms with Gasteiger partial charge in [0, 0.05) is 47.7 Å². The molecule has 0 bridgehead atoms. The molecule has 34 heavy (non-hydrogen) atoms. The van der Waals surface area contributed by atoms with Crippen molar-refractivity contribution < 1.29 is 13.6 Å². The number of hydrogen-bond donors (Lipinski definition) is 3. The Morgan fingerprint density at radius 2 is 1.85 bits per heavy atom. The van der Waals surface area contributed by atoms with Crippen LogP contribution < -0.4 is 16.0 Å². The average molecular weight is 463 g/mol. The van der Waals surface area contributed by atoms with E-state index < -0.39 is 24.1 Å². The van der Waals surface area contributed by atoms with Gasteiger partial charge in [0.25, 0.3) is 5.91 Å². The largest absolute Gasteiger partial charge is 0.373 e. The van der Waals surface area contributed by atoms with E-state index in [0.29, 0.717) is 5.69 Å². The number of nitrogens with one attached hydrogen (secondary N) is 3. The van der Waals surface area contributed by atoms with Gasteiger partial charge in [0.15, 0.2) is 0 Å². The number of alkyl halides is 2. The first-order chi connectivity index (χ1) is 16.3. The van der Waals surface area contributed by atoms with Crippen LogP contribution >= 0.6 is 0 Å². The van der Waals surface area contributed by atoms with Gasteiger partial charge in [0.2, 0.25) is 0 Å². The number of nitrogens with zero attached hydrogens (tertiary/aromatic N) is 4. The van der Waals surface area contributed by atoms with Gasteiger partial charge in [0.1, 0.15) is 17.2 Å². The first-order valence-electron chi connectivity index (χ1n) is 10.5. The third kappa shape index (κ3) is 4.81.